The Kier molecular flexibility index (Phi) is 4.81. The minimum Gasteiger partial charge on any atom is -0.497 e. The lowest BCUT2D eigenvalue weighted by molar-refractivity contribution is -0.144. The van der Waals surface area contributed by atoms with Crippen LogP contribution in [0.25, 0.3) is 17.2 Å². The van der Waals surface area contributed by atoms with Gasteiger partial charge in [-0.2, -0.15) is 13.2 Å². The third kappa shape index (κ3) is 3.84. The predicted molar refractivity (Wildman–Crippen MR) is 104 cm³/mol. The van der Waals surface area contributed by atoms with Gasteiger partial charge in [0.05, 0.1) is 13.7 Å². The van der Waals surface area contributed by atoms with Crippen molar-refractivity contribution in [1.82, 2.24) is 24.1 Å². The van der Waals surface area contributed by atoms with Gasteiger partial charge in [0.1, 0.15) is 17.1 Å². The second-order valence-corrected chi connectivity index (χ2v) is 7.31. The van der Waals surface area contributed by atoms with Gasteiger partial charge in [-0.3, -0.25) is 0 Å². The standard InChI is InChI=1S/C19H15BrF3N5O/c1-11-7-16-24-15(10-27(16)9-14(11)20)17-25-18(19(21,22)23)26-28(17)8-12-3-5-13(29-2)6-4-12/h3-7,9-10H,8H2,1-2H3. The molecule has 150 valence electrons. The highest BCUT2D eigenvalue weighted by Crippen LogP contribution is 2.30. The van der Waals surface area contributed by atoms with Crippen LogP contribution in [0.15, 0.2) is 47.2 Å². The average molecular weight is 466 g/mol. The summed E-state index contributed by atoms with van der Waals surface area (Å²) in [5, 5.41) is 3.69. The van der Waals surface area contributed by atoms with Crippen LogP contribution < -0.4 is 4.74 Å². The van der Waals surface area contributed by atoms with E-state index < -0.39 is 12.0 Å². The van der Waals surface area contributed by atoms with E-state index in [4.69, 9.17) is 4.74 Å². The van der Waals surface area contributed by atoms with Crippen LogP contribution in [0.4, 0.5) is 13.2 Å². The number of hydrogen-bond donors (Lipinski definition) is 0. The van der Waals surface area contributed by atoms with Gasteiger partial charge in [-0.15, -0.1) is 5.10 Å². The van der Waals surface area contributed by atoms with Gasteiger partial charge >= 0.3 is 6.18 Å². The van der Waals surface area contributed by atoms with Crippen molar-refractivity contribution in [1.29, 1.82) is 0 Å². The van der Waals surface area contributed by atoms with Crippen molar-refractivity contribution in [3.05, 3.63) is 64.1 Å². The summed E-state index contributed by atoms with van der Waals surface area (Å²) in [6.07, 6.45) is -1.22. The first-order chi connectivity index (χ1) is 13.7. The molecule has 0 aliphatic rings. The molecule has 0 radical (unpaired) electrons. The summed E-state index contributed by atoms with van der Waals surface area (Å²) >= 11 is 3.44. The van der Waals surface area contributed by atoms with E-state index >= 15 is 0 Å². The quantitative estimate of drug-likeness (QED) is 0.436. The van der Waals surface area contributed by atoms with Crippen molar-refractivity contribution in [3.63, 3.8) is 0 Å². The third-order valence-corrected chi connectivity index (χ3v) is 5.21. The molecule has 3 aromatic heterocycles. The number of benzene rings is 1. The van der Waals surface area contributed by atoms with Gasteiger partial charge in [0.15, 0.2) is 5.82 Å². The number of alkyl halides is 3. The maximum Gasteiger partial charge on any atom is 0.453 e. The molecule has 6 nitrogen and oxygen atoms in total. The number of imidazole rings is 1. The summed E-state index contributed by atoms with van der Waals surface area (Å²) in [5.41, 5.74) is 2.63. The first-order valence-corrected chi connectivity index (χ1v) is 9.34. The van der Waals surface area contributed by atoms with E-state index in [0.29, 0.717) is 17.1 Å². The summed E-state index contributed by atoms with van der Waals surface area (Å²) in [7, 11) is 1.55. The number of rotatable bonds is 4. The molecule has 0 atom stereocenters. The molecule has 0 bridgehead atoms. The van der Waals surface area contributed by atoms with E-state index in [1.165, 1.54) is 4.68 Å². The molecule has 0 saturated heterocycles. The van der Waals surface area contributed by atoms with Crippen molar-refractivity contribution >= 4 is 21.6 Å². The van der Waals surface area contributed by atoms with Gasteiger partial charge in [0.2, 0.25) is 0 Å². The van der Waals surface area contributed by atoms with Crippen molar-refractivity contribution in [2.45, 2.75) is 19.6 Å². The zero-order chi connectivity index (χ0) is 20.8. The normalized spacial score (nSPS) is 11.9. The summed E-state index contributed by atoms with van der Waals surface area (Å²) < 4.78 is 48.7. The van der Waals surface area contributed by atoms with Crippen LogP contribution in [0.5, 0.6) is 5.75 Å². The molecular weight excluding hydrogens is 451 g/mol. The van der Waals surface area contributed by atoms with E-state index in [-0.39, 0.29) is 12.4 Å². The van der Waals surface area contributed by atoms with Gasteiger partial charge in [-0.05, 0) is 52.2 Å². The second-order valence-electron chi connectivity index (χ2n) is 6.46. The van der Waals surface area contributed by atoms with Crippen molar-refractivity contribution in [2.75, 3.05) is 7.11 Å². The molecule has 4 aromatic rings. The highest BCUT2D eigenvalue weighted by molar-refractivity contribution is 9.10. The SMILES string of the molecule is COc1ccc(Cn2nc(C(F)(F)F)nc2-c2cn3cc(Br)c(C)cc3n2)cc1. The Bertz CT molecular complexity index is 1140. The van der Waals surface area contributed by atoms with Crippen LogP contribution in [0, 0.1) is 6.92 Å². The molecule has 3 heterocycles. The molecule has 10 heteroatoms. The highest BCUT2D eigenvalue weighted by atomic mass is 79.9. The van der Waals surface area contributed by atoms with E-state index in [2.05, 4.69) is 31.0 Å². The lowest BCUT2D eigenvalue weighted by Gasteiger charge is -2.06. The fourth-order valence-electron chi connectivity index (χ4n) is 2.88. The van der Waals surface area contributed by atoms with E-state index in [0.717, 1.165) is 15.6 Å². The molecule has 0 spiro atoms. The van der Waals surface area contributed by atoms with Crippen molar-refractivity contribution in [3.8, 4) is 17.3 Å². The lowest BCUT2D eigenvalue weighted by atomic mass is 10.2. The van der Waals surface area contributed by atoms with Gasteiger partial charge in [-0.25, -0.2) is 14.6 Å². The predicted octanol–water partition coefficient (Wildman–Crippen LogP) is 4.74. The summed E-state index contributed by atoms with van der Waals surface area (Å²) in [6.45, 7) is 2.02. The fraction of sp³-hybridized carbons (Fsp3) is 0.211. The van der Waals surface area contributed by atoms with Crippen LogP contribution >= 0.6 is 15.9 Å². The average Bonchev–Trinajstić information content (AvgIpc) is 3.26. The number of methoxy groups -OCH3 is 1. The van der Waals surface area contributed by atoms with Gasteiger partial charge < -0.3 is 9.14 Å². The Morgan fingerprint density at radius 3 is 2.48 bits per heavy atom. The Hall–Kier alpha value is -2.88. The minimum absolute atomic E-state index is 0.0469. The molecule has 0 saturated carbocycles. The maximum atomic E-state index is 13.3. The Balaban J connectivity index is 1.79. The molecule has 29 heavy (non-hydrogen) atoms. The Morgan fingerprint density at radius 2 is 1.83 bits per heavy atom. The van der Waals surface area contributed by atoms with Crippen LogP contribution in [-0.2, 0) is 12.7 Å². The summed E-state index contributed by atoms with van der Waals surface area (Å²) in [5.74, 6) is -0.495. The monoisotopic (exact) mass is 465 g/mol. The topological polar surface area (TPSA) is 57.2 Å². The molecule has 0 unspecified atom stereocenters. The van der Waals surface area contributed by atoms with Crippen molar-refractivity contribution in [2.24, 2.45) is 0 Å². The Labute approximate surface area is 172 Å². The van der Waals surface area contributed by atoms with Crippen LogP contribution in [-0.4, -0.2) is 31.3 Å². The second kappa shape index (κ2) is 7.18. The summed E-state index contributed by atoms with van der Waals surface area (Å²) in [4.78, 5) is 8.18. The molecule has 0 aliphatic carbocycles. The number of aromatic nitrogens is 5. The van der Waals surface area contributed by atoms with E-state index in [1.807, 2.05) is 13.0 Å². The lowest BCUT2D eigenvalue weighted by Crippen LogP contribution is -2.09. The van der Waals surface area contributed by atoms with Crippen LogP contribution in [0.3, 0.4) is 0 Å². The van der Waals surface area contributed by atoms with Crippen LogP contribution in [0.1, 0.15) is 17.0 Å². The number of ether oxygens (including phenoxy) is 1. The van der Waals surface area contributed by atoms with Gasteiger partial charge in [0, 0.05) is 16.9 Å². The number of pyridine rings is 1. The first-order valence-electron chi connectivity index (χ1n) is 8.55. The fourth-order valence-corrected chi connectivity index (χ4v) is 3.21. The largest absolute Gasteiger partial charge is 0.497 e. The van der Waals surface area contributed by atoms with Crippen LogP contribution in [0.2, 0.25) is 0 Å². The smallest absolute Gasteiger partial charge is 0.453 e. The highest BCUT2D eigenvalue weighted by Gasteiger charge is 2.37. The molecule has 0 amide bonds. The number of aryl methyl sites for hydroxylation is 1. The van der Waals surface area contributed by atoms with E-state index in [1.54, 1.807) is 48.2 Å². The van der Waals surface area contributed by atoms with E-state index in [9.17, 15) is 13.2 Å². The van der Waals surface area contributed by atoms with Gasteiger partial charge in [-0.1, -0.05) is 12.1 Å². The Morgan fingerprint density at radius 1 is 1.10 bits per heavy atom. The molecular formula is C19H15BrF3N5O. The molecule has 0 N–H and O–H groups in total. The molecule has 4 rings (SSSR count). The summed E-state index contributed by atoms with van der Waals surface area (Å²) in [6, 6.07) is 8.84. The van der Waals surface area contributed by atoms with Crippen molar-refractivity contribution < 1.29 is 17.9 Å². The zero-order valence-corrected chi connectivity index (χ0v) is 17.0. The number of hydrogen-bond acceptors (Lipinski definition) is 4. The maximum absolute atomic E-state index is 13.3. The number of fused-ring (bicyclic) bond motifs is 1. The zero-order valence-electron chi connectivity index (χ0n) is 15.4. The molecule has 0 fully saturated rings. The number of halogens is 4. The first kappa shape index (κ1) is 19.4. The molecule has 0 aliphatic heterocycles. The minimum atomic E-state index is -4.65. The molecule has 1 aromatic carbocycles. The van der Waals surface area contributed by atoms with Gasteiger partial charge in [0.25, 0.3) is 5.82 Å². The number of nitrogens with zero attached hydrogens (tertiary/aromatic N) is 5. The third-order valence-electron chi connectivity index (χ3n) is 4.38.